The molecule has 3 aromatic rings. The maximum absolute atomic E-state index is 14.2. The largest absolute Gasteiger partial charge is 0.466 e. The molecule has 4 amide bonds. The molecule has 0 aromatic heterocycles. The molecule has 0 saturated carbocycles. The van der Waals surface area contributed by atoms with E-state index in [4.69, 9.17) is 9.47 Å². The summed E-state index contributed by atoms with van der Waals surface area (Å²) in [5.74, 6) is -2.39. The number of amides is 4. The summed E-state index contributed by atoms with van der Waals surface area (Å²) in [6.07, 6.45) is -2.20. The van der Waals surface area contributed by atoms with Crippen molar-refractivity contribution in [1.29, 1.82) is 0 Å². The summed E-state index contributed by atoms with van der Waals surface area (Å²) >= 11 is 0. The summed E-state index contributed by atoms with van der Waals surface area (Å²) in [6.45, 7) is 6.10. The normalized spacial score (nSPS) is 15.7. The Morgan fingerprint density at radius 3 is 1.88 bits per heavy atom. The quantitative estimate of drug-likeness (QED) is 0.128. The van der Waals surface area contributed by atoms with Crippen LogP contribution in [0.15, 0.2) is 91.0 Å². The van der Waals surface area contributed by atoms with Crippen LogP contribution >= 0.6 is 0 Å². The topological polar surface area (TPSA) is 164 Å². The predicted octanol–water partition coefficient (Wildman–Crippen LogP) is 4.90. The van der Waals surface area contributed by atoms with Crippen molar-refractivity contribution in [3.8, 4) is 0 Å². The lowest BCUT2D eigenvalue weighted by molar-refractivity contribution is -0.149. The zero-order valence-corrected chi connectivity index (χ0v) is 33.0. The lowest BCUT2D eigenvalue weighted by atomic mass is 9.88. The molecule has 1 fully saturated rings. The van der Waals surface area contributed by atoms with Crippen molar-refractivity contribution in [3.63, 3.8) is 0 Å². The van der Waals surface area contributed by atoms with Gasteiger partial charge in [-0.3, -0.25) is 9.59 Å². The van der Waals surface area contributed by atoms with Crippen molar-refractivity contribution >= 4 is 30.0 Å². The van der Waals surface area contributed by atoms with Gasteiger partial charge in [0.2, 0.25) is 11.8 Å². The van der Waals surface area contributed by atoms with Crippen LogP contribution in [0.2, 0.25) is 0 Å². The van der Waals surface area contributed by atoms with Gasteiger partial charge in [-0.15, -0.1) is 0 Å². The van der Waals surface area contributed by atoms with Crippen LogP contribution in [0.3, 0.4) is 0 Å². The number of benzene rings is 3. The van der Waals surface area contributed by atoms with Gasteiger partial charge in [0.25, 0.3) is 0 Å². The number of aliphatic hydroxyl groups excluding tert-OH is 1. The lowest BCUT2D eigenvalue weighted by Crippen LogP contribution is -2.56. The summed E-state index contributed by atoms with van der Waals surface area (Å²) in [5.41, 5.74) is 2.58. The van der Waals surface area contributed by atoms with Gasteiger partial charge in [-0.05, 0) is 61.6 Å². The van der Waals surface area contributed by atoms with E-state index in [9.17, 15) is 29.1 Å². The number of hydrogen-bond donors (Lipinski definition) is 3. The Hall–Kier alpha value is -5.43. The minimum Gasteiger partial charge on any atom is -0.466 e. The highest BCUT2D eigenvalue weighted by Gasteiger charge is 2.36. The van der Waals surface area contributed by atoms with E-state index in [0.29, 0.717) is 25.9 Å². The average Bonchev–Trinajstić information content (AvgIpc) is 3.21. The summed E-state index contributed by atoms with van der Waals surface area (Å²) in [5, 5.41) is 17.4. The Labute approximate surface area is 329 Å². The number of methoxy groups -OCH3 is 1. The molecule has 5 atom stereocenters. The van der Waals surface area contributed by atoms with Gasteiger partial charge < -0.3 is 39.8 Å². The average molecular weight is 773 g/mol. The standard InChI is InChI=1S/C43H56N4O9/c1-29(2)38(40(50)47-23-21-35(22-24-47)46(4)43(53)55-28-33-19-13-8-14-20-33)45-39(49)34(25-31-15-9-6-10-16-31)27-37(48)36(26-32-17-11-7-12-18-32)44-42(52)56-30(3)41(51)54-5/h6-20,29-30,34-38,48H,21-28H2,1-5H3,(H,44,52)(H,45,49)/t30?,34?,36?,37?,38-/m0/s1. The number of rotatable bonds is 17. The van der Waals surface area contributed by atoms with E-state index >= 15 is 0 Å². The van der Waals surface area contributed by atoms with Crippen LogP contribution in [-0.4, -0.2) is 102 Å². The molecule has 3 N–H and O–H groups in total. The zero-order chi connectivity index (χ0) is 40.6. The Morgan fingerprint density at radius 1 is 0.804 bits per heavy atom. The van der Waals surface area contributed by atoms with E-state index < -0.39 is 54.3 Å². The Kier molecular flexibility index (Phi) is 16.7. The zero-order valence-electron chi connectivity index (χ0n) is 33.0. The monoisotopic (exact) mass is 772 g/mol. The van der Waals surface area contributed by atoms with Crippen molar-refractivity contribution in [2.45, 2.75) is 89.8 Å². The van der Waals surface area contributed by atoms with Crippen LogP contribution in [0.5, 0.6) is 0 Å². The molecule has 4 unspecified atom stereocenters. The summed E-state index contributed by atoms with van der Waals surface area (Å²) < 4.78 is 15.4. The molecule has 1 aliphatic heterocycles. The molecule has 302 valence electrons. The summed E-state index contributed by atoms with van der Waals surface area (Å²) in [6, 6.07) is 26.3. The van der Waals surface area contributed by atoms with Crippen molar-refractivity contribution in [2.75, 3.05) is 27.2 Å². The number of aliphatic hydroxyl groups is 1. The van der Waals surface area contributed by atoms with Crippen LogP contribution in [0.25, 0.3) is 0 Å². The lowest BCUT2D eigenvalue weighted by Gasteiger charge is -2.38. The van der Waals surface area contributed by atoms with Gasteiger partial charge in [0.05, 0.1) is 19.3 Å². The first-order valence-corrected chi connectivity index (χ1v) is 19.2. The third-order valence-electron chi connectivity index (χ3n) is 10.2. The van der Waals surface area contributed by atoms with Crippen molar-refractivity contribution in [2.24, 2.45) is 11.8 Å². The molecule has 56 heavy (non-hydrogen) atoms. The molecule has 1 saturated heterocycles. The highest BCUT2D eigenvalue weighted by Crippen LogP contribution is 2.22. The minimum atomic E-state index is -1.22. The van der Waals surface area contributed by atoms with E-state index in [-0.39, 0.29) is 43.7 Å². The second-order valence-corrected chi connectivity index (χ2v) is 14.6. The van der Waals surface area contributed by atoms with E-state index in [1.165, 1.54) is 14.0 Å². The van der Waals surface area contributed by atoms with Crippen LogP contribution in [0, 0.1) is 11.8 Å². The first kappa shape index (κ1) is 43.3. The molecular weight excluding hydrogens is 716 g/mol. The fourth-order valence-corrected chi connectivity index (χ4v) is 6.77. The molecule has 13 heteroatoms. The molecule has 0 radical (unpaired) electrons. The van der Waals surface area contributed by atoms with Gasteiger partial charge in [0.1, 0.15) is 12.6 Å². The summed E-state index contributed by atoms with van der Waals surface area (Å²) in [7, 11) is 2.90. The maximum atomic E-state index is 14.2. The Bertz CT molecular complexity index is 1700. The minimum absolute atomic E-state index is 0.0534. The van der Waals surface area contributed by atoms with Crippen LogP contribution in [0.1, 0.15) is 56.7 Å². The smallest absolute Gasteiger partial charge is 0.410 e. The number of likely N-dealkylation sites (tertiary alicyclic amines) is 1. The molecule has 1 heterocycles. The van der Waals surface area contributed by atoms with Gasteiger partial charge in [-0.1, -0.05) is 105 Å². The van der Waals surface area contributed by atoms with Crippen molar-refractivity contribution in [3.05, 3.63) is 108 Å². The van der Waals surface area contributed by atoms with Crippen molar-refractivity contribution < 1.29 is 43.3 Å². The molecule has 13 nitrogen and oxygen atoms in total. The third kappa shape index (κ3) is 13.1. The number of nitrogens with zero attached hydrogens (tertiary/aromatic N) is 2. The SMILES string of the molecule is COC(=O)C(C)OC(=O)NC(Cc1ccccc1)C(O)CC(Cc1ccccc1)C(=O)N[C@H](C(=O)N1CCC(N(C)C(=O)OCc2ccccc2)CC1)C(C)C. The first-order valence-electron chi connectivity index (χ1n) is 19.2. The van der Waals surface area contributed by atoms with E-state index in [1.807, 2.05) is 105 Å². The number of hydrogen-bond acceptors (Lipinski definition) is 9. The number of nitrogens with one attached hydrogen (secondary N) is 2. The molecule has 0 spiro atoms. The van der Waals surface area contributed by atoms with Gasteiger partial charge in [0.15, 0.2) is 6.10 Å². The highest BCUT2D eigenvalue weighted by atomic mass is 16.6. The van der Waals surface area contributed by atoms with E-state index in [2.05, 4.69) is 15.4 Å². The Balaban J connectivity index is 1.44. The maximum Gasteiger partial charge on any atom is 0.410 e. The van der Waals surface area contributed by atoms with Crippen LogP contribution in [-0.2, 0) is 48.0 Å². The van der Waals surface area contributed by atoms with Crippen LogP contribution < -0.4 is 10.6 Å². The number of alkyl carbamates (subject to hydrolysis) is 1. The van der Waals surface area contributed by atoms with Gasteiger partial charge in [-0.2, -0.15) is 0 Å². The number of esters is 1. The second-order valence-electron chi connectivity index (χ2n) is 14.6. The highest BCUT2D eigenvalue weighted by molar-refractivity contribution is 5.89. The Morgan fingerprint density at radius 2 is 1.34 bits per heavy atom. The van der Waals surface area contributed by atoms with Gasteiger partial charge in [-0.25, -0.2) is 14.4 Å². The predicted molar refractivity (Wildman–Crippen MR) is 210 cm³/mol. The molecule has 1 aliphatic rings. The van der Waals surface area contributed by atoms with E-state index in [1.54, 1.807) is 16.8 Å². The third-order valence-corrected chi connectivity index (χ3v) is 10.2. The number of carbonyl (C=O) groups excluding carboxylic acids is 5. The van der Waals surface area contributed by atoms with Gasteiger partial charge >= 0.3 is 18.2 Å². The summed E-state index contributed by atoms with van der Waals surface area (Å²) in [4.78, 5) is 69.1. The molecule has 4 rings (SSSR count). The molecule has 0 aliphatic carbocycles. The first-order chi connectivity index (χ1) is 26.9. The van der Waals surface area contributed by atoms with Gasteiger partial charge in [0, 0.05) is 32.1 Å². The van der Waals surface area contributed by atoms with E-state index in [0.717, 1.165) is 16.7 Å². The van der Waals surface area contributed by atoms with Crippen molar-refractivity contribution in [1.82, 2.24) is 20.4 Å². The number of ether oxygens (including phenoxy) is 3. The fourth-order valence-electron chi connectivity index (χ4n) is 6.77. The second kappa shape index (κ2) is 21.6. The number of piperidine rings is 1. The fraction of sp³-hybridized carbons (Fsp3) is 0.465. The number of carbonyl (C=O) groups is 5. The molecule has 0 bridgehead atoms. The molecule has 3 aromatic carbocycles. The van der Waals surface area contributed by atoms with Crippen LogP contribution in [0.4, 0.5) is 9.59 Å². The molecular formula is C43H56N4O9.